The third kappa shape index (κ3) is 2.71. The number of benzene rings is 1. The first-order valence-electron chi connectivity index (χ1n) is 9.81. The van der Waals surface area contributed by atoms with Gasteiger partial charge in [-0.15, -0.1) is 21.5 Å². The molecule has 0 amide bonds. The molecular formula is C21H22N4OS2. The molecule has 0 saturated heterocycles. The van der Waals surface area contributed by atoms with E-state index in [1.54, 1.807) is 27.7 Å². The second-order valence-corrected chi connectivity index (χ2v) is 9.62. The summed E-state index contributed by atoms with van der Waals surface area (Å²) in [5.41, 5.74) is 2.11. The summed E-state index contributed by atoms with van der Waals surface area (Å²) in [6.45, 7) is 4.46. The molecule has 4 aromatic rings. The number of fused-ring (bicyclic) bond motifs is 5. The van der Waals surface area contributed by atoms with Crippen LogP contribution in [0.3, 0.4) is 0 Å². The van der Waals surface area contributed by atoms with Crippen molar-refractivity contribution in [3.8, 4) is 5.69 Å². The number of thioether (sulfide) groups is 1. The predicted molar refractivity (Wildman–Crippen MR) is 116 cm³/mol. The highest BCUT2D eigenvalue weighted by Gasteiger charge is 2.27. The van der Waals surface area contributed by atoms with E-state index in [4.69, 9.17) is 0 Å². The molecule has 0 radical (unpaired) electrons. The van der Waals surface area contributed by atoms with Crippen molar-refractivity contribution in [2.75, 3.05) is 5.75 Å². The molecule has 1 atom stereocenters. The molecule has 28 heavy (non-hydrogen) atoms. The minimum Gasteiger partial charge on any atom is -0.268 e. The van der Waals surface area contributed by atoms with Crippen molar-refractivity contribution in [2.45, 2.75) is 44.7 Å². The average Bonchev–Trinajstić information content (AvgIpc) is 3.28. The summed E-state index contributed by atoms with van der Waals surface area (Å²) in [4.78, 5) is 16.0. The number of hydrogen-bond acceptors (Lipinski definition) is 5. The van der Waals surface area contributed by atoms with E-state index in [1.165, 1.54) is 10.4 Å². The molecule has 3 heterocycles. The molecular weight excluding hydrogens is 388 g/mol. The van der Waals surface area contributed by atoms with Crippen LogP contribution in [-0.2, 0) is 12.8 Å². The minimum absolute atomic E-state index is 0.0280. The molecule has 0 aliphatic heterocycles. The first-order valence-corrected chi connectivity index (χ1v) is 11.6. The smallest absolute Gasteiger partial charge is 0.268 e. The van der Waals surface area contributed by atoms with E-state index in [-0.39, 0.29) is 5.56 Å². The number of aromatic nitrogens is 4. The van der Waals surface area contributed by atoms with Gasteiger partial charge in [-0.25, -0.2) is 8.97 Å². The van der Waals surface area contributed by atoms with Crippen molar-refractivity contribution in [1.82, 2.24) is 19.2 Å². The number of hydrogen-bond donors (Lipinski definition) is 0. The van der Waals surface area contributed by atoms with Gasteiger partial charge in [0.15, 0.2) is 5.16 Å². The summed E-state index contributed by atoms with van der Waals surface area (Å²) in [5, 5.41) is 10.6. The molecule has 1 aliphatic carbocycles. The van der Waals surface area contributed by atoms with Gasteiger partial charge in [0.25, 0.3) is 5.56 Å². The zero-order chi connectivity index (χ0) is 19.3. The molecule has 1 aliphatic rings. The average molecular weight is 411 g/mol. The van der Waals surface area contributed by atoms with Gasteiger partial charge in [-0.2, -0.15) is 0 Å². The van der Waals surface area contributed by atoms with Gasteiger partial charge in [0.05, 0.1) is 11.1 Å². The van der Waals surface area contributed by atoms with Gasteiger partial charge in [-0.1, -0.05) is 43.8 Å². The third-order valence-corrected chi connectivity index (χ3v) is 7.75. The van der Waals surface area contributed by atoms with Crippen molar-refractivity contribution < 1.29 is 0 Å². The Bertz CT molecular complexity index is 1220. The monoisotopic (exact) mass is 410 g/mol. The number of para-hydroxylation sites is 1. The van der Waals surface area contributed by atoms with Gasteiger partial charge in [0, 0.05) is 10.6 Å². The molecule has 5 rings (SSSR count). The molecule has 144 valence electrons. The second kappa shape index (κ2) is 7.04. The van der Waals surface area contributed by atoms with Crippen LogP contribution in [0.15, 0.2) is 40.3 Å². The Morgan fingerprint density at radius 2 is 2.07 bits per heavy atom. The van der Waals surface area contributed by atoms with Crippen LogP contribution in [0.25, 0.3) is 21.7 Å². The van der Waals surface area contributed by atoms with Gasteiger partial charge in [-0.05, 0) is 49.3 Å². The SMILES string of the molecule is CCCSc1nnc2n(-c3ccccc3)c(=O)c3c4c(sc3n12)C[C@@H](C)CC4. The molecule has 0 fully saturated rings. The van der Waals surface area contributed by atoms with Crippen LogP contribution in [0.2, 0.25) is 0 Å². The van der Waals surface area contributed by atoms with Crippen molar-refractivity contribution in [3.05, 3.63) is 51.1 Å². The first kappa shape index (κ1) is 17.9. The maximum absolute atomic E-state index is 13.7. The van der Waals surface area contributed by atoms with Crippen LogP contribution in [-0.4, -0.2) is 24.9 Å². The number of nitrogens with zero attached hydrogens (tertiary/aromatic N) is 4. The standard InChI is InChI=1S/C21H22N4OS2/c1-3-11-27-21-23-22-20-24(14-7-5-4-6-8-14)18(26)17-15-10-9-13(2)12-16(15)28-19(17)25(20)21/h4-8,13H,3,9-12H2,1-2H3/t13-/m0/s1. The maximum Gasteiger partial charge on any atom is 0.268 e. The summed E-state index contributed by atoms with van der Waals surface area (Å²) in [6, 6.07) is 9.79. The number of aryl methyl sites for hydroxylation is 1. The van der Waals surface area contributed by atoms with Crippen LogP contribution in [0.4, 0.5) is 0 Å². The van der Waals surface area contributed by atoms with Crippen LogP contribution >= 0.6 is 23.1 Å². The normalized spacial score (nSPS) is 16.7. The van der Waals surface area contributed by atoms with Gasteiger partial charge in [0.1, 0.15) is 4.83 Å². The van der Waals surface area contributed by atoms with Crippen LogP contribution < -0.4 is 5.56 Å². The lowest BCUT2D eigenvalue weighted by atomic mass is 9.89. The van der Waals surface area contributed by atoms with Gasteiger partial charge in [0.2, 0.25) is 5.78 Å². The van der Waals surface area contributed by atoms with Crippen molar-refractivity contribution in [1.29, 1.82) is 0 Å². The molecule has 0 saturated carbocycles. The summed E-state index contributed by atoms with van der Waals surface area (Å²) >= 11 is 3.47. The lowest BCUT2D eigenvalue weighted by molar-refractivity contribution is 0.509. The molecule has 5 nitrogen and oxygen atoms in total. The predicted octanol–water partition coefficient (Wildman–Crippen LogP) is 4.72. The minimum atomic E-state index is 0.0280. The highest BCUT2D eigenvalue weighted by atomic mass is 32.2. The maximum atomic E-state index is 13.7. The topological polar surface area (TPSA) is 52.2 Å². The molecule has 1 aromatic carbocycles. The highest BCUT2D eigenvalue weighted by molar-refractivity contribution is 7.99. The molecule has 3 aromatic heterocycles. The Hall–Kier alpha value is -2.12. The molecule has 0 spiro atoms. The van der Waals surface area contributed by atoms with Gasteiger partial charge in [-0.3, -0.25) is 4.79 Å². The fourth-order valence-electron chi connectivity index (χ4n) is 4.00. The van der Waals surface area contributed by atoms with Crippen LogP contribution in [0, 0.1) is 5.92 Å². The Kier molecular flexibility index (Phi) is 4.51. The van der Waals surface area contributed by atoms with E-state index >= 15 is 0 Å². The van der Waals surface area contributed by atoms with E-state index < -0.39 is 0 Å². The van der Waals surface area contributed by atoms with Crippen LogP contribution in [0.5, 0.6) is 0 Å². The zero-order valence-electron chi connectivity index (χ0n) is 16.0. The van der Waals surface area contributed by atoms with Crippen molar-refractivity contribution in [2.24, 2.45) is 5.92 Å². The quantitative estimate of drug-likeness (QED) is 0.457. The second-order valence-electron chi connectivity index (χ2n) is 7.47. The van der Waals surface area contributed by atoms with Crippen molar-refractivity contribution in [3.63, 3.8) is 0 Å². The van der Waals surface area contributed by atoms with Crippen molar-refractivity contribution >= 4 is 39.1 Å². The Morgan fingerprint density at radius 1 is 1.25 bits per heavy atom. The van der Waals surface area contributed by atoms with E-state index in [2.05, 4.69) is 28.4 Å². The molecule has 7 heteroatoms. The summed E-state index contributed by atoms with van der Waals surface area (Å²) in [7, 11) is 0. The van der Waals surface area contributed by atoms with E-state index in [9.17, 15) is 4.79 Å². The van der Waals surface area contributed by atoms with Gasteiger partial charge >= 0.3 is 0 Å². The van der Waals surface area contributed by atoms with Crippen LogP contribution in [0.1, 0.15) is 37.1 Å². The number of rotatable bonds is 4. The Labute approximate surface area is 171 Å². The highest BCUT2D eigenvalue weighted by Crippen LogP contribution is 2.38. The molecule has 0 N–H and O–H groups in total. The Morgan fingerprint density at radius 3 is 2.86 bits per heavy atom. The molecule has 0 bridgehead atoms. The van der Waals surface area contributed by atoms with E-state index in [1.807, 2.05) is 30.3 Å². The van der Waals surface area contributed by atoms with Gasteiger partial charge < -0.3 is 0 Å². The zero-order valence-corrected chi connectivity index (χ0v) is 17.6. The first-order chi connectivity index (χ1) is 13.7. The fraction of sp³-hybridized carbons (Fsp3) is 0.381. The summed E-state index contributed by atoms with van der Waals surface area (Å²) in [5.74, 6) is 2.26. The van der Waals surface area contributed by atoms with E-state index in [0.717, 1.165) is 52.5 Å². The molecule has 0 unspecified atom stereocenters. The number of thiophene rings is 1. The largest absolute Gasteiger partial charge is 0.268 e. The van der Waals surface area contributed by atoms with E-state index in [0.29, 0.717) is 11.7 Å². The Balaban J connectivity index is 1.90. The third-order valence-electron chi connectivity index (χ3n) is 5.38. The summed E-state index contributed by atoms with van der Waals surface area (Å²) in [6.07, 6.45) is 4.24. The lowest BCUT2D eigenvalue weighted by Gasteiger charge is -2.17. The fourth-order valence-corrected chi connectivity index (χ4v) is 6.34. The summed E-state index contributed by atoms with van der Waals surface area (Å²) < 4.78 is 3.84. The lowest BCUT2D eigenvalue weighted by Crippen LogP contribution is -2.22.